The Kier molecular flexibility index (Phi) is 4.30. The van der Waals surface area contributed by atoms with E-state index in [-0.39, 0.29) is 23.6 Å². The number of hydrogen-bond acceptors (Lipinski definition) is 5. The number of amides is 1. The molecule has 6 heteroatoms. The smallest absolute Gasteiger partial charge is 0.255 e. The Morgan fingerprint density at radius 1 is 1.14 bits per heavy atom. The average molecular weight is 288 g/mol. The molecular weight excluding hydrogens is 272 g/mol. The van der Waals surface area contributed by atoms with Crippen molar-refractivity contribution in [3.63, 3.8) is 0 Å². The van der Waals surface area contributed by atoms with Crippen molar-refractivity contribution in [3.8, 4) is 11.5 Å². The number of phenolic OH excluding ortho intramolecular Hbond substituents is 2. The maximum absolute atomic E-state index is 11.9. The van der Waals surface area contributed by atoms with Gasteiger partial charge in [-0.15, -0.1) is 0 Å². The lowest BCUT2D eigenvalue weighted by Crippen LogP contribution is -2.28. The third-order valence-electron chi connectivity index (χ3n) is 3.00. The Bertz CT molecular complexity index is 641. The average Bonchev–Trinajstić information content (AvgIpc) is 2.47. The number of hydrogen-bond donors (Lipinski definition) is 5. The summed E-state index contributed by atoms with van der Waals surface area (Å²) < 4.78 is 0. The lowest BCUT2D eigenvalue weighted by atomic mass is 10.1. The SMILES string of the molecule is Nc1ccc(C(O)CNC(=O)c2cc(O)ccc2O)cc1. The predicted octanol–water partition coefficient (Wildman–Crippen LogP) is 1.14. The number of aromatic hydroxyl groups is 2. The summed E-state index contributed by atoms with van der Waals surface area (Å²) in [5, 5.41) is 31.3. The quantitative estimate of drug-likeness (QED) is 0.427. The number of carbonyl (C=O) groups excluding carboxylic acids is 1. The van der Waals surface area contributed by atoms with Gasteiger partial charge < -0.3 is 26.4 Å². The molecule has 6 N–H and O–H groups in total. The first-order valence-corrected chi connectivity index (χ1v) is 6.31. The normalized spacial score (nSPS) is 11.9. The molecular formula is C15H16N2O4. The van der Waals surface area contributed by atoms with Crippen molar-refractivity contribution in [3.05, 3.63) is 53.6 Å². The molecule has 0 spiro atoms. The monoisotopic (exact) mass is 288 g/mol. The summed E-state index contributed by atoms with van der Waals surface area (Å²) in [6.07, 6.45) is -0.894. The van der Waals surface area contributed by atoms with Gasteiger partial charge in [-0.3, -0.25) is 4.79 Å². The molecule has 0 saturated carbocycles. The van der Waals surface area contributed by atoms with Crippen LogP contribution >= 0.6 is 0 Å². The van der Waals surface area contributed by atoms with Gasteiger partial charge in [0.05, 0.1) is 11.7 Å². The highest BCUT2D eigenvalue weighted by Gasteiger charge is 2.14. The number of carbonyl (C=O) groups is 1. The highest BCUT2D eigenvalue weighted by atomic mass is 16.3. The van der Waals surface area contributed by atoms with Crippen molar-refractivity contribution in [1.82, 2.24) is 5.32 Å². The molecule has 0 saturated heterocycles. The number of benzene rings is 2. The van der Waals surface area contributed by atoms with Crippen molar-refractivity contribution in [1.29, 1.82) is 0 Å². The molecule has 1 atom stereocenters. The summed E-state index contributed by atoms with van der Waals surface area (Å²) in [6, 6.07) is 10.3. The summed E-state index contributed by atoms with van der Waals surface area (Å²) in [4.78, 5) is 11.9. The van der Waals surface area contributed by atoms with Gasteiger partial charge in [-0.05, 0) is 35.9 Å². The second-order valence-electron chi connectivity index (χ2n) is 4.59. The molecule has 0 radical (unpaired) electrons. The largest absolute Gasteiger partial charge is 0.508 e. The van der Waals surface area contributed by atoms with Gasteiger partial charge >= 0.3 is 0 Å². The Morgan fingerprint density at radius 3 is 2.48 bits per heavy atom. The third-order valence-corrected chi connectivity index (χ3v) is 3.00. The third kappa shape index (κ3) is 3.64. The van der Waals surface area contributed by atoms with Crippen LogP contribution in [-0.2, 0) is 0 Å². The van der Waals surface area contributed by atoms with Crippen LogP contribution in [0.15, 0.2) is 42.5 Å². The van der Waals surface area contributed by atoms with Gasteiger partial charge in [0, 0.05) is 12.2 Å². The van der Waals surface area contributed by atoms with Crippen LogP contribution in [0, 0.1) is 0 Å². The first kappa shape index (κ1) is 14.7. The minimum atomic E-state index is -0.894. The Labute approximate surface area is 121 Å². The fourth-order valence-corrected chi connectivity index (χ4v) is 1.83. The lowest BCUT2D eigenvalue weighted by molar-refractivity contribution is 0.0913. The zero-order valence-corrected chi connectivity index (χ0v) is 11.2. The number of rotatable bonds is 4. The van der Waals surface area contributed by atoms with E-state index in [9.17, 15) is 20.1 Å². The van der Waals surface area contributed by atoms with E-state index in [2.05, 4.69) is 5.32 Å². The molecule has 6 nitrogen and oxygen atoms in total. The predicted molar refractivity (Wildman–Crippen MR) is 77.9 cm³/mol. The van der Waals surface area contributed by atoms with Gasteiger partial charge in [0.15, 0.2) is 0 Å². The Hall–Kier alpha value is -2.73. The summed E-state index contributed by atoms with van der Waals surface area (Å²) in [7, 11) is 0. The van der Waals surface area contributed by atoms with Crippen molar-refractivity contribution in [2.75, 3.05) is 12.3 Å². The van der Waals surface area contributed by atoms with E-state index >= 15 is 0 Å². The maximum atomic E-state index is 11.9. The lowest BCUT2D eigenvalue weighted by Gasteiger charge is -2.13. The van der Waals surface area contributed by atoms with E-state index < -0.39 is 12.0 Å². The van der Waals surface area contributed by atoms with Crippen LogP contribution in [0.5, 0.6) is 11.5 Å². The molecule has 1 amide bonds. The second-order valence-corrected chi connectivity index (χ2v) is 4.59. The molecule has 2 aromatic carbocycles. The molecule has 0 aliphatic heterocycles. The molecule has 0 aromatic heterocycles. The minimum absolute atomic E-state index is 0.0299. The molecule has 0 fully saturated rings. The molecule has 110 valence electrons. The second kappa shape index (κ2) is 6.15. The highest BCUT2D eigenvalue weighted by Crippen LogP contribution is 2.22. The number of anilines is 1. The first-order chi connectivity index (χ1) is 9.97. The zero-order valence-electron chi connectivity index (χ0n) is 11.2. The standard InChI is InChI=1S/C15H16N2O4/c16-10-3-1-9(2-4-10)14(20)8-17-15(21)12-7-11(18)5-6-13(12)19/h1-7,14,18-20H,8,16H2,(H,17,21). The number of phenols is 2. The van der Waals surface area contributed by atoms with Gasteiger partial charge in [0.2, 0.25) is 0 Å². The van der Waals surface area contributed by atoms with Crippen LogP contribution in [0.2, 0.25) is 0 Å². The van der Waals surface area contributed by atoms with Crippen molar-refractivity contribution >= 4 is 11.6 Å². The van der Waals surface area contributed by atoms with E-state index in [1.807, 2.05) is 0 Å². The van der Waals surface area contributed by atoms with Gasteiger partial charge in [-0.2, -0.15) is 0 Å². The molecule has 0 aliphatic rings. The molecule has 2 rings (SSSR count). The van der Waals surface area contributed by atoms with E-state index in [4.69, 9.17) is 5.73 Å². The molecule has 0 bridgehead atoms. The fraction of sp³-hybridized carbons (Fsp3) is 0.133. The van der Waals surface area contributed by atoms with Gasteiger partial charge in [0.1, 0.15) is 11.5 Å². The first-order valence-electron chi connectivity index (χ1n) is 6.31. The number of nitrogens with two attached hydrogens (primary N) is 1. The van der Waals surface area contributed by atoms with E-state index in [1.54, 1.807) is 24.3 Å². The Balaban J connectivity index is 2.00. The van der Waals surface area contributed by atoms with Crippen LogP contribution in [0.1, 0.15) is 22.0 Å². The van der Waals surface area contributed by atoms with Gasteiger partial charge in [0.25, 0.3) is 5.91 Å². The van der Waals surface area contributed by atoms with Crippen LogP contribution < -0.4 is 11.1 Å². The van der Waals surface area contributed by atoms with Crippen molar-refractivity contribution < 1.29 is 20.1 Å². The topological polar surface area (TPSA) is 116 Å². The number of aliphatic hydroxyl groups excluding tert-OH is 1. The summed E-state index contributed by atoms with van der Waals surface area (Å²) in [5.41, 5.74) is 6.70. The highest BCUT2D eigenvalue weighted by molar-refractivity contribution is 5.97. The Morgan fingerprint density at radius 2 is 1.81 bits per heavy atom. The van der Waals surface area contributed by atoms with Crippen molar-refractivity contribution in [2.24, 2.45) is 0 Å². The minimum Gasteiger partial charge on any atom is -0.508 e. The number of nitrogen functional groups attached to an aromatic ring is 1. The van der Waals surface area contributed by atoms with Crippen LogP contribution in [-0.4, -0.2) is 27.8 Å². The van der Waals surface area contributed by atoms with E-state index in [0.29, 0.717) is 11.3 Å². The van der Waals surface area contributed by atoms with Gasteiger partial charge in [-0.1, -0.05) is 12.1 Å². The van der Waals surface area contributed by atoms with E-state index in [1.165, 1.54) is 12.1 Å². The molecule has 21 heavy (non-hydrogen) atoms. The summed E-state index contributed by atoms with van der Waals surface area (Å²) >= 11 is 0. The zero-order chi connectivity index (χ0) is 15.4. The molecule has 0 aliphatic carbocycles. The van der Waals surface area contributed by atoms with E-state index in [0.717, 1.165) is 6.07 Å². The van der Waals surface area contributed by atoms with Gasteiger partial charge in [-0.25, -0.2) is 0 Å². The van der Waals surface area contributed by atoms with Crippen molar-refractivity contribution in [2.45, 2.75) is 6.10 Å². The van der Waals surface area contributed by atoms with Crippen LogP contribution in [0.4, 0.5) is 5.69 Å². The molecule has 0 heterocycles. The fourth-order valence-electron chi connectivity index (χ4n) is 1.83. The summed E-state index contributed by atoms with van der Waals surface area (Å²) in [6.45, 7) is -0.0299. The number of aliphatic hydroxyl groups is 1. The number of nitrogens with one attached hydrogen (secondary N) is 1. The molecule has 1 unspecified atom stereocenters. The van der Waals surface area contributed by atoms with Crippen LogP contribution in [0.25, 0.3) is 0 Å². The maximum Gasteiger partial charge on any atom is 0.255 e. The van der Waals surface area contributed by atoms with Crippen LogP contribution in [0.3, 0.4) is 0 Å². The molecule has 2 aromatic rings. The summed E-state index contributed by atoms with van der Waals surface area (Å²) in [5.74, 6) is -0.956.